The molecule has 0 spiro atoms. The molecule has 0 aromatic rings. The molecule has 0 aromatic heterocycles. The van der Waals surface area contributed by atoms with Crippen LogP contribution < -0.4 is 0 Å². The van der Waals surface area contributed by atoms with Crippen LogP contribution in [-0.4, -0.2) is 145 Å². The molecule has 61 heavy (non-hydrogen) atoms. The third kappa shape index (κ3) is 26.9. The van der Waals surface area contributed by atoms with Crippen molar-refractivity contribution >= 4 is 138 Å². The molecular weight excluding hydrogens is 1030 g/mol. The van der Waals surface area contributed by atoms with Gasteiger partial charge in [0.15, 0.2) is 18.1 Å². The molecule has 14 nitrogen and oxygen atoms in total. The molecule has 0 aromatic carbocycles. The molecule has 10 unspecified atom stereocenters. The lowest BCUT2D eigenvalue weighted by molar-refractivity contribution is -0.0226. The van der Waals surface area contributed by atoms with Gasteiger partial charge in [-0.25, -0.2) is 0 Å². The van der Waals surface area contributed by atoms with Gasteiger partial charge in [0.05, 0.1) is 0 Å². The maximum atomic E-state index is 6.66. The first-order valence-electron chi connectivity index (χ1n) is 23.4. The van der Waals surface area contributed by atoms with E-state index in [1.54, 1.807) is 0 Å². The minimum atomic E-state index is -2.29. The van der Waals surface area contributed by atoms with Crippen LogP contribution in [0.3, 0.4) is 0 Å². The van der Waals surface area contributed by atoms with Crippen molar-refractivity contribution in [1.82, 2.24) is 0 Å². The topological polar surface area (TPSA) is 129 Å². The summed E-state index contributed by atoms with van der Waals surface area (Å²) in [5.41, 5.74) is 1.23. The van der Waals surface area contributed by atoms with E-state index >= 15 is 0 Å². The van der Waals surface area contributed by atoms with E-state index in [0.29, 0.717) is 19.5 Å². The van der Waals surface area contributed by atoms with Crippen LogP contribution >= 0.6 is 0 Å². The molecule has 3 saturated heterocycles. The molecule has 0 amide bonds. The maximum absolute atomic E-state index is 6.66. The molecule has 3 heterocycles. The van der Waals surface area contributed by atoms with Gasteiger partial charge in [-0.3, -0.25) is 0 Å². The third-order valence-corrected chi connectivity index (χ3v) is 56.4. The van der Waals surface area contributed by atoms with Crippen LogP contribution in [0.25, 0.3) is 0 Å². The molecule has 0 saturated carbocycles. The smallest absolute Gasteiger partial charge is 0.411 e. The zero-order valence-electron chi connectivity index (χ0n) is 39.8. The SMILES string of the molecule is CC1O[SiH](C)O[SiH](C)O[Si](C)(CCCCCC[Si]O[Si](CCCCCC[Si]2(C)O[SiH](C)O[SiH](C)O[SiH](C)O2)O[Si]O[Si]CCCCCC[Si]2(C)O[SiH](C)C[SiH](C)O[SiH](C)O2)O1. The van der Waals surface area contributed by atoms with Gasteiger partial charge in [0.2, 0.25) is 19.5 Å². The molecule has 0 aliphatic carbocycles. The Bertz CT molecular complexity index is 1120. The number of rotatable bonds is 27. The first-order valence-corrected chi connectivity index (χ1v) is 53.0. The fourth-order valence-electron chi connectivity index (χ4n) is 8.26. The average Bonchev–Trinajstić information content (AvgIpc) is 3.11. The van der Waals surface area contributed by atoms with E-state index in [1.807, 2.05) is 6.92 Å². The van der Waals surface area contributed by atoms with Crippen LogP contribution in [0.5, 0.6) is 0 Å². The molecule has 29 heteroatoms. The van der Waals surface area contributed by atoms with E-state index in [-0.39, 0.29) is 16.3 Å². The van der Waals surface area contributed by atoms with Gasteiger partial charge in [-0.05, 0) is 121 Å². The van der Waals surface area contributed by atoms with E-state index in [2.05, 4.69) is 72.0 Å². The van der Waals surface area contributed by atoms with Gasteiger partial charge in [0.1, 0.15) is 6.29 Å². The van der Waals surface area contributed by atoms with Gasteiger partial charge in [-0.1, -0.05) is 77.0 Å². The second-order valence-electron chi connectivity index (χ2n) is 17.4. The quantitative estimate of drug-likeness (QED) is 0.0711. The number of hydrogen-bond donors (Lipinski definition) is 0. The van der Waals surface area contributed by atoms with Crippen molar-refractivity contribution in [3.05, 3.63) is 0 Å². The summed E-state index contributed by atoms with van der Waals surface area (Å²) in [4.78, 5) is 0. The van der Waals surface area contributed by atoms with Crippen LogP contribution in [0.15, 0.2) is 0 Å². The minimum absolute atomic E-state index is 0.0575. The second-order valence-corrected chi connectivity index (χ2v) is 52.7. The van der Waals surface area contributed by atoms with Crippen molar-refractivity contribution in [3.63, 3.8) is 0 Å². The fraction of sp³-hybridized carbons (Fsp3) is 1.00. The molecule has 7 radical (unpaired) electrons. The van der Waals surface area contributed by atoms with Gasteiger partial charge in [0.25, 0.3) is 46.4 Å². The zero-order chi connectivity index (χ0) is 44.7. The average molecular weight is 1110 g/mol. The van der Waals surface area contributed by atoms with Crippen LogP contribution in [-0.2, 0) is 58.2 Å². The highest BCUT2D eigenvalue weighted by atomic mass is 28.5. The Morgan fingerprint density at radius 2 is 0.984 bits per heavy atom. The summed E-state index contributed by atoms with van der Waals surface area (Å²) in [5.74, 6) is 0. The van der Waals surface area contributed by atoms with Crippen LogP contribution in [0.2, 0.25) is 114 Å². The summed E-state index contributed by atoms with van der Waals surface area (Å²) in [7, 11) is -19.3. The third-order valence-electron chi connectivity index (χ3n) is 10.7. The molecule has 355 valence electrons. The lowest BCUT2D eigenvalue weighted by atomic mass is 10.2. The van der Waals surface area contributed by atoms with E-state index in [1.165, 1.54) is 44.2 Å². The highest BCUT2D eigenvalue weighted by molar-refractivity contribution is 6.85. The predicted octanol–water partition coefficient (Wildman–Crippen LogP) is 5.95. The molecule has 0 N–H and O–H groups in total. The van der Waals surface area contributed by atoms with E-state index in [9.17, 15) is 0 Å². The Kier molecular flexibility index (Phi) is 30.2. The highest BCUT2D eigenvalue weighted by Crippen LogP contribution is 2.27. The van der Waals surface area contributed by atoms with Crippen LogP contribution in [0, 0.1) is 0 Å². The van der Waals surface area contributed by atoms with Crippen molar-refractivity contribution in [2.75, 3.05) is 0 Å². The largest absolute Gasteiger partial charge is 0.442 e. The van der Waals surface area contributed by atoms with Crippen LogP contribution in [0.1, 0.15) is 84.0 Å². The Hall–Kier alpha value is 2.69. The fourth-order valence-corrected chi connectivity index (χ4v) is 56.0. The first kappa shape index (κ1) is 58.0. The normalized spacial score (nSPS) is 35.9. The van der Waals surface area contributed by atoms with Crippen molar-refractivity contribution in [3.8, 4) is 0 Å². The predicted molar refractivity (Wildman–Crippen MR) is 276 cm³/mol. The zero-order valence-corrected chi connectivity index (χ0v) is 56.1. The second kappa shape index (κ2) is 31.7. The molecule has 3 fully saturated rings. The first-order chi connectivity index (χ1) is 29.0. The number of unbranched alkanes of at least 4 members (excludes halogenated alkanes) is 9. The van der Waals surface area contributed by atoms with Gasteiger partial charge in [0, 0.05) is 0 Å². The molecular formula is C32H83O14Si15. The Labute approximate surface area is 397 Å². The maximum Gasteiger partial charge on any atom is 0.411 e. The van der Waals surface area contributed by atoms with Crippen molar-refractivity contribution in [1.29, 1.82) is 0 Å². The number of hydrogen-bond acceptors (Lipinski definition) is 14. The van der Waals surface area contributed by atoms with Crippen molar-refractivity contribution in [2.24, 2.45) is 0 Å². The monoisotopic (exact) mass is 1110 g/mol. The summed E-state index contributed by atoms with van der Waals surface area (Å²) in [6.45, 7) is 25.9. The molecule has 3 aliphatic rings. The lowest BCUT2D eigenvalue weighted by Gasteiger charge is -2.37. The van der Waals surface area contributed by atoms with Crippen molar-refractivity contribution in [2.45, 2.75) is 204 Å². The summed E-state index contributed by atoms with van der Waals surface area (Å²) < 4.78 is 88.4. The summed E-state index contributed by atoms with van der Waals surface area (Å²) in [5, 5.41) is 0. The molecule has 3 aliphatic heterocycles. The summed E-state index contributed by atoms with van der Waals surface area (Å²) in [6, 6.07) is 6.23. The molecule has 3 rings (SSSR count). The Balaban J connectivity index is 1.32. The highest BCUT2D eigenvalue weighted by Gasteiger charge is 2.41. The summed E-state index contributed by atoms with van der Waals surface area (Å²) >= 11 is 0. The Morgan fingerprint density at radius 3 is 1.59 bits per heavy atom. The lowest BCUT2D eigenvalue weighted by Crippen LogP contribution is -2.52. The van der Waals surface area contributed by atoms with Crippen LogP contribution in [0.4, 0.5) is 0 Å². The Morgan fingerprint density at radius 1 is 0.508 bits per heavy atom. The standard InChI is InChI=1S/C32H83O14Si15/c1-32-33-52(4)39-55(7)43-59(10,34-32)28-22-16-14-20-26-48-36-58(27-21-15-18-24-30-61(12)45-56(8)40-53(5)41-57(9)46-61)37-49-35-47-25-19-13-17-23-29-60(11)42-51(3)31-50(2)38-54(6)44-60/h32,50-57H,13-31H2,1-12H3. The van der Waals surface area contributed by atoms with Gasteiger partial charge < -0.3 is 58.2 Å². The van der Waals surface area contributed by atoms with Gasteiger partial charge in [-0.15, -0.1) is 0 Å². The van der Waals surface area contributed by atoms with E-state index in [0.717, 1.165) is 74.8 Å². The van der Waals surface area contributed by atoms with Crippen molar-refractivity contribution < 1.29 is 58.2 Å². The van der Waals surface area contributed by atoms with Gasteiger partial charge >= 0.3 is 54.3 Å². The minimum Gasteiger partial charge on any atom is -0.442 e. The van der Waals surface area contributed by atoms with Gasteiger partial charge in [-0.2, -0.15) is 0 Å². The summed E-state index contributed by atoms with van der Waals surface area (Å²) in [6.07, 6.45) is 13.7. The molecule has 0 bridgehead atoms. The molecule has 10 atom stereocenters. The van der Waals surface area contributed by atoms with E-state index < -0.39 is 109 Å². The van der Waals surface area contributed by atoms with E-state index in [4.69, 9.17) is 58.2 Å².